The molecule has 1 nitrogen and oxygen atoms in total. The molecule has 0 aliphatic rings. The molecule has 0 heterocycles. The van der Waals surface area contributed by atoms with Gasteiger partial charge in [0.05, 0.1) is 0 Å². The molecule has 0 fully saturated rings. The standard InChI is InChI=1S/C16H24F3N/c1-16(2,3)20-9-7-5-4-6-8-12-10-14(18)15(19)11-13(12)17/h10-11,20H,4-9H2,1-3H3. The van der Waals surface area contributed by atoms with E-state index in [0.717, 1.165) is 38.3 Å². The van der Waals surface area contributed by atoms with Crippen molar-refractivity contribution in [2.24, 2.45) is 0 Å². The van der Waals surface area contributed by atoms with Crippen molar-refractivity contribution in [2.75, 3.05) is 6.54 Å². The second-order valence-electron chi connectivity index (χ2n) is 6.20. The largest absolute Gasteiger partial charge is 0.312 e. The molecule has 20 heavy (non-hydrogen) atoms. The molecule has 0 aromatic heterocycles. The molecule has 0 saturated heterocycles. The van der Waals surface area contributed by atoms with Gasteiger partial charge in [-0.15, -0.1) is 0 Å². The summed E-state index contributed by atoms with van der Waals surface area (Å²) in [5.74, 6) is -2.76. The van der Waals surface area contributed by atoms with Crippen LogP contribution in [0.5, 0.6) is 0 Å². The first kappa shape index (κ1) is 17.0. The third-order valence-corrected chi connectivity index (χ3v) is 3.12. The Bertz CT molecular complexity index is 424. The summed E-state index contributed by atoms with van der Waals surface area (Å²) in [5, 5.41) is 3.40. The first-order valence-electron chi connectivity index (χ1n) is 7.18. The Morgan fingerprint density at radius 2 is 1.45 bits per heavy atom. The molecule has 0 radical (unpaired) electrons. The molecule has 1 rings (SSSR count). The van der Waals surface area contributed by atoms with Crippen LogP contribution in [0.4, 0.5) is 13.2 Å². The Hall–Kier alpha value is -1.03. The van der Waals surface area contributed by atoms with E-state index < -0.39 is 17.5 Å². The van der Waals surface area contributed by atoms with E-state index in [0.29, 0.717) is 12.5 Å². The van der Waals surface area contributed by atoms with Crippen LogP contribution in [0.1, 0.15) is 52.0 Å². The number of unbranched alkanes of at least 4 members (excludes halogenated alkanes) is 3. The highest BCUT2D eigenvalue weighted by atomic mass is 19.2. The van der Waals surface area contributed by atoms with E-state index in [1.165, 1.54) is 0 Å². The number of nitrogens with one attached hydrogen (secondary N) is 1. The van der Waals surface area contributed by atoms with Crippen molar-refractivity contribution in [2.45, 2.75) is 58.4 Å². The second-order valence-corrected chi connectivity index (χ2v) is 6.20. The van der Waals surface area contributed by atoms with E-state index in [4.69, 9.17) is 0 Å². The third kappa shape index (κ3) is 6.42. The number of benzene rings is 1. The van der Waals surface area contributed by atoms with Crippen LogP contribution in [0.3, 0.4) is 0 Å². The van der Waals surface area contributed by atoms with Crippen LogP contribution < -0.4 is 5.32 Å². The zero-order valence-electron chi connectivity index (χ0n) is 12.5. The van der Waals surface area contributed by atoms with Crippen LogP contribution in [0.2, 0.25) is 0 Å². The fourth-order valence-corrected chi connectivity index (χ4v) is 2.01. The molecule has 0 aliphatic heterocycles. The van der Waals surface area contributed by atoms with Gasteiger partial charge < -0.3 is 5.32 Å². The molecule has 1 aromatic carbocycles. The Morgan fingerprint density at radius 1 is 0.850 bits per heavy atom. The van der Waals surface area contributed by atoms with Crippen LogP contribution in [0, 0.1) is 17.5 Å². The van der Waals surface area contributed by atoms with Gasteiger partial charge in [0.2, 0.25) is 0 Å². The summed E-state index contributed by atoms with van der Waals surface area (Å²) >= 11 is 0. The summed E-state index contributed by atoms with van der Waals surface area (Å²) in [4.78, 5) is 0. The Morgan fingerprint density at radius 3 is 2.10 bits per heavy atom. The molecule has 1 aromatic rings. The normalized spacial score (nSPS) is 11.9. The summed E-state index contributed by atoms with van der Waals surface area (Å²) < 4.78 is 39.1. The molecular weight excluding hydrogens is 263 g/mol. The average Bonchev–Trinajstić information content (AvgIpc) is 2.32. The van der Waals surface area contributed by atoms with Crippen LogP contribution in [0.15, 0.2) is 12.1 Å². The number of rotatable bonds is 7. The first-order valence-corrected chi connectivity index (χ1v) is 7.18. The molecule has 0 unspecified atom stereocenters. The monoisotopic (exact) mass is 287 g/mol. The summed E-state index contributed by atoms with van der Waals surface area (Å²) in [7, 11) is 0. The maximum Gasteiger partial charge on any atom is 0.161 e. The van der Waals surface area contributed by atoms with E-state index in [1.54, 1.807) is 0 Å². The third-order valence-electron chi connectivity index (χ3n) is 3.12. The molecule has 0 bridgehead atoms. The van der Waals surface area contributed by atoms with E-state index in [9.17, 15) is 13.2 Å². The van der Waals surface area contributed by atoms with Crippen molar-refractivity contribution < 1.29 is 13.2 Å². The quantitative estimate of drug-likeness (QED) is 0.571. The van der Waals surface area contributed by atoms with Gasteiger partial charge in [-0.2, -0.15) is 0 Å². The van der Waals surface area contributed by atoms with Gasteiger partial charge in [0, 0.05) is 11.6 Å². The SMILES string of the molecule is CC(C)(C)NCCCCCCc1cc(F)c(F)cc1F. The lowest BCUT2D eigenvalue weighted by Crippen LogP contribution is -2.36. The van der Waals surface area contributed by atoms with Crippen molar-refractivity contribution in [3.8, 4) is 0 Å². The van der Waals surface area contributed by atoms with Gasteiger partial charge in [-0.1, -0.05) is 12.8 Å². The highest BCUT2D eigenvalue weighted by Gasteiger charge is 2.09. The minimum atomic E-state index is -1.13. The van der Waals surface area contributed by atoms with Crippen molar-refractivity contribution in [3.63, 3.8) is 0 Å². The van der Waals surface area contributed by atoms with Gasteiger partial charge in [-0.3, -0.25) is 0 Å². The van der Waals surface area contributed by atoms with Gasteiger partial charge in [0.15, 0.2) is 11.6 Å². The van der Waals surface area contributed by atoms with E-state index in [2.05, 4.69) is 26.1 Å². The van der Waals surface area contributed by atoms with E-state index in [-0.39, 0.29) is 11.1 Å². The van der Waals surface area contributed by atoms with E-state index >= 15 is 0 Å². The van der Waals surface area contributed by atoms with Crippen LogP contribution in [0.25, 0.3) is 0 Å². The maximum absolute atomic E-state index is 13.4. The number of halogens is 3. The highest BCUT2D eigenvalue weighted by Crippen LogP contribution is 2.16. The molecular formula is C16H24F3N. The maximum atomic E-state index is 13.4. The Kier molecular flexibility index (Phi) is 6.53. The van der Waals surface area contributed by atoms with Gasteiger partial charge in [0.1, 0.15) is 5.82 Å². The van der Waals surface area contributed by atoms with Gasteiger partial charge in [-0.25, -0.2) is 13.2 Å². The van der Waals surface area contributed by atoms with Crippen LogP contribution >= 0.6 is 0 Å². The molecule has 114 valence electrons. The minimum Gasteiger partial charge on any atom is -0.312 e. The fourth-order valence-electron chi connectivity index (χ4n) is 2.01. The van der Waals surface area contributed by atoms with Crippen LogP contribution in [-0.2, 0) is 6.42 Å². The topological polar surface area (TPSA) is 12.0 Å². The average molecular weight is 287 g/mol. The number of hydrogen-bond donors (Lipinski definition) is 1. The number of aryl methyl sites for hydroxylation is 1. The first-order chi connectivity index (χ1) is 9.29. The van der Waals surface area contributed by atoms with Gasteiger partial charge >= 0.3 is 0 Å². The molecule has 0 spiro atoms. The Balaban J connectivity index is 2.20. The lowest BCUT2D eigenvalue weighted by Gasteiger charge is -2.20. The van der Waals surface area contributed by atoms with Gasteiger partial charge in [-0.05, 0) is 58.2 Å². The Labute approximate surface area is 119 Å². The predicted octanol–water partition coefficient (Wildman–Crippen LogP) is 4.59. The van der Waals surface area contributed by atoms with Crippen LogP contribution in [-0.4, -0.2) is 12.1 Å². The molecule has 1 N–H and O–H groups in total. The zero-order chi connectivity index (χ0) is 15.2. The summed E-state index contributed by atoms with van der Waals surface area (Å²) in [6.45, 7) is 7.33. The lowest BCUT2D eigenvalue weighted by atomic mass is 10.0. The smallest absolute Gasteiger partial charge is 0.161 e. The highest BCUT2D eigenvalue weighted by molar-refractivity contribution is 5.20. The van der Waals surface area contributed by atoms with Crippen molar-refractivity contribution in [1.29, 1.82) is 0 Å². The predicted molar refractivity (Wildman–Crippen MR) is 76.2 cm³/mol. The minimum absolute atomic E-state index is 0.134. The molecule has 0 atom stereocenters. The summed E-state index contributed by atoms with van der Waals surface area (Å²) in [5.41, 5.74) is 0.395. The lowest BCUT2D eigenvalue weighted by molar-refractivity contribution is 0.416. The fraction of sp³-hybridized carbons (Fsp3) is 0.625. The second kappa shape index (κ2) is 7.67. The number of hydrogen-bond acceptors (Lipinski definition) is 1. The molecule has 0 saturated carbocycles. The zero-order valence-corrected chi connectivity index (χ0v) is 12.5. The van der Waals surface area contributed by atoms with Crippen molar-refractivity contribution >= 4 is 0 Å². The van der Waals surface area contributed by atoms with Gasteiger partial charge in [0.25, 0.3) is 0 Å². The molecule has 0 aliphatic carbocycles. The van der Waals surface area contributed by atoms with E-state index in [1.807, 2.05) is 0 Å². The summed E-state index contributed by atoms with van der Waals surface area (Å²) in [6, 6.07) is 1.59. The molecule has 0 amide bonds. The summed E-state index contributed by atoms with van der Waals surface area (Å²) in [6.07, 6.45) is 4.32. The van der Waals surface area contributed by atoms with Crippen molar-refractivity contribution in [3.05, 3.63) is 35.1 Å². The van der Waals surface area contributed by atoms with Crippen molar-refractivity contribution in [1.82, 2.24) is 5.32 Å². The molecule has 4 heteroatoms.